The molecule has 0 heterocycles. The van der Waals surface area contributed by atoms with E-state index in [2.05, 4.69) is 91.1 Å². The summed E-state index contributed by atoms with van der Waals surface area (Å²) in [5.74, 6) is 0. The standard InChI is InChI=1S/C21H17N/c1-15-6-9-20(10-7-15)22-21-11-8-18-12-16-4-2-3-5-17(16)13-19(18)14-21/h2-14,22H,1H3. The predicted molar refractivity (Wildman–Crippen MR) is 95.9 cm³/mol. The molecule has 1 N–H and O–H groups in total. The average molecular weight is 283 g/mol. The van der Waals surface area contributed by atoms with Gasteiger partial charge in [0, 0.05) is 11.4 Å². The molecule has 0 saturated carbocycles. The molecular weight excluding hydrogens is 266 g/mol. The lowest BCUT2D eigenvalue weighted by Gasteiger charge is -2.09. The van der Waals surface area contributed by atoms with Gasteiger partial charge in [-0.2, -0.15) is 0 Å². The summed E-state index contributed by atoms with van der Waals surface area (Å²) < 4.78 is 0. The molecule has 4 rings (SSSR count). The largest absolute Gasteiger partial charge is 0.356 e. The third-order valence-electron chi connectivity index (χ3n) is 4.05. The molecule has 0 aliphatic rings. The smallest absolute Gasteiger partial charge is 0.0390 e. The van der Waals surface area contributed by atoms with E-state index in [1.54, 1.807) is 0 Å². The Morgan fingerprint density at radius 1 is 0.545 bits per heavy atom. The highest BCUT2D eigenvalue weighted by molar-refractivity contribution is 5.99. The second-order valence-corrected chi connectivity index (χ2v) is 5.75. The van der Waals surface area contributed by atoms with Crippen molar-refractivity contribution in [2.75, 3.05) is 5.32 Å². The number of fused-ring (bicyclic) bond motifs is 2. The lowest BCUT2D eigenvalue weighted by molar-refractivity contribution is 1.46. The van der Waals surface area contributed by atoms with Gasteiger partial charge in [0.05, 0.1) is 0 Å². The van der Waals surface area contributed by atoms with Crippen molar-refractivity contribution in [3.05, 3.63) is 84.4 Å². The highest BCUT2D eigenvalue weighted by Gasteiger charge is 2.00. The van der Waals surface area contributed by atoms with E-state index < -0.39 is 0 Å². The van der Waals surface area contributed by atoms with Crippen molar-refractivity contribution in [3.8, 4) is 0 Å². The summed E-state index contributed by atoms with van der Waals surface area (Å²) in [7, 11) is 0. The fourth-order valence-electron chi connectivity index (χ4n) is 2.82. The van der Waals surface area contributed by atoms with Crippen LogP contribution in [0.25, 0.3) is 21.5 Å². The van der Waals surface area contributed by atoms with Gasteiger partial charge < -0.3 is 5.32 Å². The van der Waals surface area contributed by atoms with Crippen LogP contribution < -0.4 is 5.32 Å². The van der Waals surface area contributed by atoms with E-state index in [1.807, 2.05) is 0 Å². The van der Waals surface area contributed by atoms with E-state index in [-0.39, 0.29) is 0 Å². The molecule has 0 unspecified atom stereocenters. The lowest BCUT2D eigenvalue weighted by Crippen LogP contribution is -1.90. The second kappa shape index (κ2) is 5.19. The second-order valence-electron chi connectivity index (χ2n) is 5.75. The molecule has 0 aliphatic heterocycles. The van der Waals surface area contributed by atoms with Crippen molar-refractivity contribution in [2.24, 2.45) is 0 Å². The number of nitrogens with one attached hydrogen (secondary N) is 1. The van der Waals surface area contributed by atoms with Crippen molar-refractivity contribution in [3.63, 3.8) is 0 Å². The zero-order valence-corrected chi connectivity index (χ0v) is 12.5. The Morgan fingerprint density at radius 3 is 1.86 bits per heavy atom. The summed E-state index contributed by atoms with van der Waals surface area (Å²) >= 11 is 0. The monoisotopic (exact) mass is 283 g/mol. The summed E-state index contributed by atoms with van der Waals surface area (Å²) in [6.45, 7) is 2.10. The first kappa shape index (κ1) is 12.9. The number of anilines is 2. The molecule has 0 atom stereocenters. The van der Waals surface area contributed by atoms with Gasteiger partial charge in [-0.05, 0) is 64.9 Å². The predicted octanol–water partition coefficient (Wildman–Crippen LogP) is 6.05. The maximum Gasteiger partial charge on any atom is 0.0390 e. The van der Waals surface area contributed by atoms with Crippen LogP contribution in [0.2, 0.25) is 0 Å². The van der Waals surface area contributed by atoms with Crippen LogP contribution in [0.15, 0.2) is 78.9 Å². The number of rotatable bonds is 2. The molecule has 0 amide bonds. The molecule has 1 nitrogen and oxygen atoms in total. The minimum absolute atomic E-state index is 1.12. The summed E-state index contributed by atoms with van der Waals surface area (Å²) in [5.41, 5.74) is 3.51. The van der Waals surface area contributed by atoms with Crippen LogP contribution in [0.1, 0.15) is 5.56 Å². The Balaban J connectivity index is 1.76. The zero-order chi connectivity index (χ0) is 14.9. The number of hydrogen-bond acceptors (Lipinski definition) is 1. The molecule has 0 aromatic heterocycles. The molecule has 1 heteroatoms. The SMILES string of the molecule is Cc1ccc(Nc2ccc3cc4ccccc4cc3c2)cc1. The first-order valence-corrected chi connectivity index (χ1v) is 7.54. The summed E-state index contributed by atoms with van der Waals surface area (Å²) in [4.78, 5) is 0. The molecule has 0 spiro atoms. The highest BCUT2D eigenvalue weighted by atomic mass is 14.9. The summed E-state index contributed by atoms with van der Waals surface area (Å²) in [6, 6.07) is 28.0. The quantitative estimate of drug-likeness (QED) is 0.442. The maximum atomic E-state index is 3.47. The van der Waals surface area contributed by atoms with Gasteiger partial charge in [0.1, 0.15) is 0 Å². The number of benzene rings is 4. The fraction of sp³-hybridized carbons (Fsp3) is 0.0476. The van der Waals surface area contributed by atoms with Gasteiger partial charge in [0.2, 0.25) is 0 Å². The molecular formula is C21H17N. The Kier molecular flexibility index (Phi) is 3.05. The molecule has 0 radical (unpaired) electrons. The van der Waals surface area contributed by atoms with Crippen molar-refractivity contribution in [2.45, 2.75) is 6.92 Å². The van der Waals surface area contributed by atoms with Gasteiger partial charge in [-0.25, -0.2) is 0 Å². The van der Waals surface area contributed by atoms with E-state index in [0.29, 0.717) is 0 Å². The molecule has 106 valence electrons. The maximum absolute atomic E-state index is 3.47. The first-order chi connectivity index (χ1) is 10.8. The molecule has 0 aliphatic carbocycles. The van der Waals surface area contributed by atoms with Crippen molar-refractivity contribution < 1.29 is 0 Å². The van der Waals surface area contributed by atoms with Crippen LogP contribution in [0.3, 0.4) is 0 Å². The lowest BCUT2D eigenvalue weighted by atomic mass is 10.0. The van der Waals surface area contributed by atoms with Crippen LogP contribution in [0.5, 0.6) is 0 Å². The van der Waals surface area contributed by atoms with Crippen molar-refractivity contribution in [1.29, 1.82) is 0 Å². The third kappa shape index (κ3) is 2.42. The third-order valence-corrected chi connectivity index (χ3v) is 4.05. The van der Waals surface area contributed by atoms with Crippen LogP contribution in [-0.2, 0) is 0 Å². The van der Waals surface area contributed by atoms with Gasteiger partial charge >= 0.3 is 0 Å². The molecule has 4 aromatic rings. The van der Waals surface area contributed by atoms with Gasteiger partial charge in [-0.3, -0.25) is 0 Å². The number of aryl methyl sites for hydroxylation is 1. The molecule has 0 saturated heterocycles. The molecule has 0 fully saturated rings. The average Bonchev–Trinajstić information content (AvgIpc) is 2.55. The Morgan fingerprint density at radius 2 is 1.14 bits per heavy atom. The van der Waals surface area contributed by atoms with E-state index in [1.165, 1.54) is 27.1 Å². The Bertz CT molecular complexity index is 952. The molecule has 0 bridgehead atoms. The first-order valence-electron chi connectivity index (χ1n) is 7.54. The summed E-state index contributed by atoms with van der Waals surface area (Å²) in [6.07, 6.45) is 0. The van der Waals surface area contributed by atoms with Crippen molar-refractivity contribution in [1.82, 2.24) is 0 Å². The Hall–Kier alpha value is -2.80. The van der Waals surface area contributed by atoms with Gasteiger partial charge in [0.15, 0.2) is 0 Å². The van der Waals surface area contributed by atoms with Crippen LogP contribution >= 0.6 is 0 Å². The minimum Gasteiger partial charge on any atom is -0.356 e. The van der Waals surface area contributed by atoms with E-state index >= 15 is 0 Å². The van der Waals surface area contributed by atoms with Gasteiger partial charge in [-0.1, -0.05) is 48.0 Å². The van der Waals surface area contributed by atoms with Gasteiger partial charge in [0.25, 0.3) is 0 Å². The Labute approximate surface area is 130 Å². The zero-order valence-electron chi connectivity index (χ0n) is 12.5. The topological polar surface area (TPSA) is 12.0 Å². The minimum atomic E-state index is 1.12. The van der Waals surface area contributed by atoms with E-state index in [9.17, 15) is 0 Å². The van der Waals surface area contributed by atoms with E-state index in [0.717, 1.165) is 11.4 Å². The summed E-state index contributed by atoms with van der Waals surface area (Å²) in [5, 5.41) is 8.57. The molecule has 22 heavy (non-hydrogen) atoms. The normalized spacial score (nSPS) is 11.0. The number of hydrogen-bond donors (Lipinski definition) is 1. The van der Waals surface area contributed by atoms with Crippen LogP contribution in [0.4, 0.5) is 11.4 Å². The van der Waals surface area contributed by atoms with Gasteiger partial charge in [-0.15, -0.1) is 0 Å². The molecule has 4 aromatic carbocycles. The van der Waals surface area contributed by atoms with Crippen molar-refractivity contribution >= 4 is 32.9 Å². The van der Waals surface area contributed by atoms with Crippen LogP contribution in [0, 0.1) is 6.92 Å². The van der Waals surface area contributed by atoms with E-state index in [4.69, 9.17) is 0 Å². The highest BCUT2D eigenvalue weighted by Crippen LogP contribution is 2.26. The van der Waals surface area contributed by atoms with Crippen LogP contribution in [-0.4, -0.2) is 0 Å². The fourth-order valence-corrected chi connectivity index (χ4v) is 2.82.